The molecule has 0 aliphatic rings. The summed E-state index contributed by atoms with van der Waals surface area (Å²) in [5.41, 5.74) is 2.20. The fourth-order valence-electron chi connectivity index (χ4n) is 1.96. The van der Waals surface area contributed by atoms with E-state index in [0.717, 1.165) is 5.56 Å². The van der Waals surface area contributed by atoms with Gasteiger partial charge in [-0.2, -0.15) is 0 Å². The normalized spacial score (nSPS) is 11.0. The standard InChI is InChI=1S/C18H22N2O2/c1-18(2,3)15-7-4-8-16(10-15)22-13-17(21)20-12-14-6-5-9-19-11-14/h4-11H,12-13H2,1-3H3,(H,20,21). The molecule has 4 nitrogen and oxygen atoms in total. The highest BCUT2D eigenvalue weighted by Gasteiger charge is 2.14. The van der Waals surface area contributed by atoms with Crippen LogP contribution in [0.25, 0.3) is 0 Å². The van der Waals surface area contributed by atoms with E-state index in [1.807, 2.05) is 30.3 Å². The number of hydrogen-bond acceptors (Lipinski definition) is 3. The molecule has 0 bridgehead atoms. The molecule has 0 saturated heterocycles. The molecule has 2 aromatic rings. The number of ether oxygens (including phenoxy) is 1. The molecule has 0 aliphatic heterocycles. The topological polar surface area (TPSA) is 51.2 Å². The van der Waals surface area contributed by atoms with Crippen LogP contribution in [0.15, 0.2) is 48.8 Å². The molecule has 2 rings (SSSR count). The first-order chi connectivity index (χ1) is 10.4. The minimum Gasteiger partial charge on any atom is -0.484 e. The summed E-state index contributed by atoms with van der Waals surface area (Å²) in [6.07, 6.45) is 3.44. The van der Waals surface area contributed by atoms with Gasteiger partial charge in [-0.3, -0.25) is 9.78 Å². The van der Waals surface area contributed by atoms with Crippen molar-refractivity contribution in [3.05, 3.63) is 59.9 Å². The molecule has 0 unspecified atom stereocenters. The molecule has 116 valence electrons. The van der Waals surface area contributed by atoms with Gasteiger partial charge >= 0.3 is 0 Å². The number of hydrogen-bond donors (Lipinski definition) is 1. The Balaban J connectivity index is 1.84. The number of carbonyl (C=O) groups is 1. The van der Waals surface area contributed by atoms with Crippen LogP contribution in [0.5, 0.6) is 5.75 Å². The lowest BCUT2D eigenvalue weighted by Gasteiger charge is -2.19. The predicted molar refractivity (Wildman–Crippen MR) is 86.7 cm³/mol. The number of aromatic nitrogens is 1. The summed E-state index contributed by atoms with van der Waals surface area (Å²) in [5, 5.41) is 2.81. The molecule has 1 heterocycles. The van der Waals surface area contributed by atoms with Crippen molar-refractivity contribution in [3.63, 3.8) is 0 Å². The van der Waals surface area contributed by atoms with Crippen molar-refractivity contribution in [3.8, 4) is 5.75 Å². The third kappa shape index (κ3) is 4.88. The van der Waals surface area contributed by atoms with Crippen molar-refractivity contribution in [2.75, 3.05) is 6.61 Å². The number of nitrogens with one attached hydrogen (secondary N) is 1. The molecule has 1 aromatic heterocycles. The first-order valence-corrected chi connectivity index (χ1v) is 7.34. The Morgan fingerprint density at radius 2 is 2.05 bits per heavy atom. The molecule has 1 N–H and O–H groups in total. The van der Waals surface area contributed by atoms with Crippen LogP contribution in [-0.4, -0.2) is 17.5 Å². The van der Waals surface area contributed by atoms with E-state index in [1.54, 1.807) is 12.4 Å². The van der Waals surface area contributed by atoms with Crippen molar-refractivity contribution in [2.45, 2.75) is 32.7 Å². The molecule has 22 heavy (non-hydrogen) atoms. The molecule has 1 amide bonds. The zero-order valence-electron chi connectivity index (χ0n) is 13.3. The number of carbonyl (C=O) groups excluding carboxylic acids is 1. The predicted octanol–water partition coefficient (Wildman–Crippen LogP) is 3.07. The number of nitrogens with zero attached hydrogens (tertiary/aromatic N) is 1. The Hall–Kier alpha value is -2.36. The van der Waals surface area contributed by atoms with Crippen LogP contribution in [0.1, 0.15) is 31.9 Å². The number of rotatable bonds is 5. The lowest BCUT2D eigenvalue weighted by atomic mass is 9.87. The SMILES string of the molecule is CC(C)(C)c1cccc(OCC(=O)NCc2cccnc2)c1. The maximum Gasteiger partial charge on any atom is 0.258 e. The van der Waals surface area contributed by atoms with Gasteiger partial charge in [0.05, 0.1) is 0 Å². The third-order valence-corrected chi connectivity index (χ3v) is 3.28. The second-order valence-electron chi connectivity index (χ2n) is 6.20. The molecule has 0 saturated carbocycles. The van der Waals surface area contributed by atoms with E-state index in [9.17, 15) is 4.79 Å². The fraction of sp³-hybridized carbons (Fsp3) is 0.333. The van der Waals surface area contributed by atoms with Gasteiger partial charge in [-0.25, -0.2) is 0 Å². The zero-order valence-corrected chi connectivity index (χ0v) is 13.3. The van der Waals surface area contributed by atoms with Crippen LogP contribution in [0, 0.1) is 0 Å². The van der Waals surface area contributed by atoms with Crippen LogP contribution in [0.4, 0.5) is 0 Å². The molecule has 0 spiro atoms. The summed E-state index contributed by atoms with van der Waals surface area (Å²) in [5.74, 6) is 0.564. The summed E-state index contributed by atoms with van der Waals surface area (Å²) in [6, 6.07) is 11.6. The lowest BCUT2D eigenvalue weighted by molar-refractivity contribution is -0.123. The van der Waals surface area contributed by atoms with Gasteiger partial charge in [-0.05, 0) is 34.7 Å². The minimum absolute atomic E-state index is 0.00780. The zero-order chi connectivity index (χ0) is 16.0. The third-order valence-electron chi connectivity index (χ3n) is 3.28. The second kappa shape index (κ2) is 7.07. The van der Waals surface area contributed by atoms with E-state index in [0.29, 0.717) is 12.3 Å². The van der Waals surface area contributed by atoms with Gasteiger partial charge in [0, 0.05) is 18.9 Å². The van der Waals surface area contributed by atoms with Crippen molar-refractivity contribution in [2.24, 2.45) is 0 Å². The largest absolute Gasteiger partial charge is 0.484 e. The highest BCUT2D eigenvalue weighted by molar-refractivity contribution is 5.77. The minimum atomic E-state index is -0.148. The van der Waals surface area contributed by atoms with Gasteiger partial charge in [0.2, 0.25) is 0 Å². The summed E-state index contributed by atoms with van der Waals surface area (Å²) < 4.78 is 5.56. The van der Waals surface area contributed by atoms with Gasteiger partial charge in [0.1, 0.15) is 5.75 Å². The van der Waals surface area contributed by atoms with Crippen molar-refractivity contribution in [1.29, 1.82) is 0 Å². The van der Waals surface area contributed by atoms with Crippen LogP contribution < -0.4 is 10.1 Å². The first-order valence-electron chi connectivity index (χ1n) is 7.34. The number of benzene rings is 1. The van der Waals surface area contributed by atoms with Crippen molar-refractivity contribution >= 4 is 5.91 Å². The fourth-order valence-corrected chi connectivity index (χ4v) is 1.96. The first kappa shape index (κ1) is 16.0. The van der Waals surface area contributed by atoms with Gasteiger partial charge in [-0.1, -0.05) is 39.0 Å². The van der Waals surface area contributed by atoms with Crippen molar-refractivity contribution in [1.82, 2.24) is 10.3 Å². The highest BCUT2D eigenvalue weighted by Crippen LogP contribution is 2.25. The molecule has 0 aliphatic carbocycles. The van der Waals surface area contributed by atoms with E-state index in [4.69, 9.17) is 4.74 Å². The van der Waals surface area contributed by atoms with Gasteiger partial charge in [0.15, 0.2) is 6.61 Å². The molecule has 0 fully saturated rings. The molecular formula is C18H22N2O2. The van der Waals surface area contributed by atoms with Crippen molar-refractivity contribution < 1.29 is 9.53 Å². The van der Waals surface area contributed by atoms with Gasteiger partial charge in [-0.15, -0.1) is 0 Å². The monoisotopic (exact) mass is 298 g/mol. The lowest BCUT2D eigenvalue weighted by Crippen LogP contribution is -2.28. The molecular weight excluding hydrogens is 276 g/mol. The molecule has 1 aromatic carbocycles. The summed E-state index contributed by atoms with van der Waals surface area (Å²) >= 11 is 0. The smallest absolute Gasteiger partial charge is 0.258 e. The van der Waals surface area contributed by atoms with Gasteiger partial charge < -0.3 is 10.1 Å². The second-order valence-corrected chi connectivity index (χ2v) is 6.20. The Labute approximate surface area is 131 Å². The molecule has 0 radical (unpaired) electrons. The Kier molecular flexibility index (Phi) is 5.15. The van der Waals surface area contributed by atoms with E-state index >= 15 is 0 Å². The number of pyridine rings is 1. The molecule has 0 atom stereocenters. The van der Waals surface area contributed by atoms with E-state index < -0.39 is 0 Å². The van der Waals surface area contributed by atoms with Crippen LogP contribution >= 0.6 is 0 Å². The van der Waals surface area contributed by atoms with Crippen LogP contribution in [0.2, 0.25) is 0 Å². The quantitative estimate of drug-likeness (QED) is 0.923. The maximum atomic E-state index is 11.8. The Morgan fingerprint density at radius 1 is 1.23 bits per heavy atom. The average Bonchev–Trinajstić information content (AvgIpc) is 2.51. The molecule has 4 heteroatoms. The van der Waals surface area contributed by atoms with Crippen LogP contribution in [-0.2, 0) is 16.8 Å². The average molecular weight is 298 g/mol. The Bertz CT molecular complexity index is 618. The van der Waals surface area contributed by atoms with Gasteiger partial charge in [0.25, 0.3) is 5.91 Å². The van der Waals surface area contributed by atoms with E-state index in [2.05, 4.69) is 37.1 Å². The number of amides is 1. The van der Waals surface area contributed by atoms with Crippen LogP contribution in [0.3, 0.4) is 0 Å². The summed E-state index contributed by atoms with van der Waals surface area (Å²) in [7, 11) is 0. The summed E-state index contributed by atoms with van der Waals surface area (Å²) in [6.45, 7) is 6.90. The van der Waals surface area contributed by atoms with E-state index in [1.165, 1.54) is 5.56 Å². The van der Waals surface area contributed by atoms with E-state index in [-0.39, 0.29) is 17.9 Å². The summed E-state index contributed by atoms with van der Waals surface area (Å²) in [4.78, 5) is 15.8. The maximum absolute atomic E-state index is 11.8. The Morgan fingerprint density at radius 3 is 2.73 bits per heavy atom. The highest BCUT2D eigenvalue weighted by atomic mass is 16.5.